The number of nitrogens with two attached hydrogens (primary N) is 1. The van der Waals surface area contributed by atoms with E-state index < -0.39 is 51.4 Å². The molecule has 0 saturated heterocycles. The number of aromatic amines is 1. The fourth-order valence-electron chi connectivity index (χ4n) is 2.36. The number of carboxylic acid groups (broad SMARTS) is 2. The van der Waals surface area contributed by atoms with E-state index in [1.807, 2.05) is 4.98 Å². The van der Waals surface area contributed by atoms with Crippen molar-refractivity contribution in [3.05, 3.63) is 39.4 Å². The molecule has 0 aliphatic heterocycles. The summed E-state index contributed by atoms with van der Waals surface area (Å²) in [5.41, 5.74) is 1.48. The molecule has 0 unspecified atom stereocenters. The third-order valence-corrected chi connectivity index (χ3v) is 3.41. The van der Waals surface area contributed by atoms with Gasteiger partial charge in [0.05, 0.1) is 14.2 Å². The monoisotopic (exact) mass is 352 g/mol. The van der Waals surface area contributed by atoms with Crippen LogP contribution in [0.25, 0.3) is 11.1 Å². The second-order valence-electron chi connectivity index (χ2n) is 4.79. The van der Waals surface area contributed by atoms with E-state index in [1.54, 1.807) is 0 Å². The number of carbonyl (C=O) groups is 2. The average Bonchev–Trinajstić information content (AvgIpc) is 2.52. The van der Waals surface area contributed by atoms with Gasteiger partial charge in [0, 0.05) is 17.2 Å². The molecule has 1 aromatic heterocycles. The molecule has 1 aromatic carbocycles. The minimum atomic E-state index is -1.74. The maximum absolute atomic E-state index is 14.5. The minimum Gasteiger partial charge on any atom is -0.493 e. The minimum absolute atomic E-state index is 0.00434. The summed E-state index contributed by atoms with van der Waals surface area (Å²) in [6, 6.07) is 1.91. The molecule has 5 N–H and O–H groups in total. The Labute approximate surface area is 139 Å². The highest BCUT2D eigenvalue weighted by molar-refractivity contribution is 6.07. The average molecular weight is 352 g/mol. The predicted octanol–water partition coefficient (Wildman–Crippen LogP) is 1.18. The maximum atomic E-state index is 14.5. The summed E-state index contributed by atoms with van der Waals surface area (Å²) >= 11 is 0. The number of nitrogen functional groups attached to an aromatic ring is 1. The van der Waals surface area contributed by atoms with Gasteiger partial charge in [-0.05, 0) is 6.07 Å². The van der Waals surface area contributed by atoms with Gasteiger partial charge in [0.15, 0.2) is 11.5 Å². The van der Waals surface area contributed by atoms with Crippen LogP contribution in [0.15, 0.2) is 16.9 Å². The van der Waals surface area contributed by atoms with E-state index in [2.05, 4.69) is 0 Å². The number of hydrogen-bond donors (Lipinski definition) is 4. The molecule has 0 atom stereocenters. The Morgan fingerprint density at radius 3 is 2.08 bits per heavy atom. The van der Waals surface area contributed by atoms with Crippen molar-refractivity contribution in [3.63, 3.8) is 0 Å². The van der Waals surface area contributed by atoms with Crippen molar-refractivity contribution in [1.29, 1.82) is 0 Å². The molecule has 1 heterocycles. The Morgan fingerprint density at radius 2 is 1.60 bits per heavy atom. The number of methoxy groups -OCH3 is 2. The van der Waals surface area contributed by atoms with E-state index in [0.717, 1.165) is 12.1 Å². The van der Waals surface area contributed by atoms with Crippen LogP contribution in [0.3, 0.4) is 0 Å². The van der Waals surface area contributed by atoms with Crippen LogP contribution < -0.4 is 20.8 Å². The molecule has 0 fully saturated rings. The SMILES string of the molecule is COc1cc(F)c(-c2c(C(=O)O)c(N)[nH]c(=O)c2C(=O)O)cc1OC. The normalized spacial score (nSPS) is 10.4. The van der Waals surface area contributed by atoms with Crippen molar-refractivity contribution in [2.45, 2.75) is 0 Å². The van der Waals surface area contributed by atoms with Crippen molar-refractivity contribution in [2.24, 2.45) is 0 Å². The van der Waals surface area contributed by atoms with Gasteiger partial charge in [-0.1, -0.05) is 0 Å². The Kier molecular flexibility index (Phi) is 4.63. The molecule has 0 radical (unpaired) electrons. The lowest BCUT2D eigenvalue weighted by atomic mass is 9.94. The zero-order valence-corrected chi connectivity index (χ0v) is 13.0. The first-order valence-corrected chi connectivity index (χ1v) is 6.67. The van der Waals surface area contributed by atoms with Crippen molar-refractivity contribution in [2.75, 3.05) is 20.0 Å². The lowest BCUT2D eigenvalue weighted by Gasteiger charge is -2.15. The van der Waals surface area contributed by atoms with Crippen LogP contribution in [0.2, 0.25) is 0 Å². The molecule has 0 bridgehead atoms. The maximum Gasteiger partial charge on any atom is 0.342 e. The smallest absolute Gasteiger partial charge is 0.342 e. The second-order valence-corrected chi connectivity index (χ2v) is 4.79. The van der Waals surface area contributed by atoms with Gasteiger partial charge in [-0.3, -0.25) is 4.79 Å². The summed E-state index contributed by atoms with van der Waals surface area (Å²) in [4.78, 5) is 36.9. The van der Waals surface area contributed by atoms with Gasteiger partial charge in [-0.15, -0.1) is 0 Å². The Bertz CT molecular complexity index is 936. The topological polar surface area (TPSA) is 152 Å². The number of benzene rings is 1. The first kappa shape index (κ1) is 17.8. The molecule has 9 nitrogen and oxygen atoms in total. The zero-order valence-electron chi connectivity index (χ0n) is 13.0. The van der Waals surface area contributed by atoms with Crippen LogP contribution in [-0.4, -0.2) is 41.4 Å². The fourth-order valence-corrected chi connectivity index (χ4v) is 2.36. The summed E-state index contributed by atoms with van der Waals surface area (Å²) in [5.74, 6) is -5.01. The molecule has 132 valence electrons. The van der Waals surface area contributed by atoms with E-state index in [4.69, 9.17) is 15.2 Å². The number of halogens is 1. The van der Waals surface area contributed by atoms with E-state index in [-0.39, 0.29) is 11.5 Å². The molecular formula is C15H13FN2O7. The molecular weight excluding hydrogens is 339 g/mol. The summed E-state index contributed by atoms with van der Waals surface area (Å²) < 4.78 is 24.4. The largest absolute Gasteiger partial charge is 0.493 e. The van der Waals surface area contributed by atoms with Gasteiger partial charge < -0.3 is 30.4 Å². The molecule has 2 aromatic rings. The van der Waals surface area contributed by atoms with Crippen LogP contribution in [0, 0.1) is 5.82 Å². The number of carboxylic acids is 2. The summed E-state index contributed by atoms with van der Waals surface area (Å²) in [7, 11) is 2.51. The van der Waals surface area contributed by atoms with Crippen molar-refractivity contribution in [3.8, 4) is 22.6 Å². The quantitative estimate of drug-likeness (QED) is 0.626. The lowest BCUT2D eigenvalue weighted by molar-refractivity contribution is 0.0695. The van der Waals surface area contributed by atoms with Crippen LogP contribution in [-0.2, 0) is 0 Å². The van der Waals surface area contributed by atoms with Gasteiger partial charge in [0.2, 0.25) is 0 Å². The predicted molar refractivity (Wildman–Crippen MR) is 83.9 cm³/mol. The number of ether oxygens (including phenoxy) is 2. The van der Waals surface area contributed by atoms with Gasteiger partial charge in [-0.25, -0.2) is 14.0 Å². The molecule has 0 amide bonds. The Hall–Kier alpha value is -3.56. The van der Waals surface area contributed by atoms with Crippen molar-refractivity contribution in [1.82, 2.24) is 4.98 Å². The molecule has 0 spiro atoms. The van der Waals surface area contributed by atoms with E-state index in [1.165, 1.54) is 14.2 Å². The number of aromatic nitrogens is 1. The van der Waals surface area contributed by atoms with E-state index in [0.29, 0.717) is 0 Å². The van der Waals surface area contributed by atoms with Crippen LogP contribution >= 0.6 is 0 Å². The van der Waals surface area contributed by atoms with Crippen molar-refractivity contribution < 1.29 is 33.7 Å². The highest BCUT2D eigenvalue weighted by Crippen LogP contribution is 2.38. The van der Waals surface area contributed by atoms with Crippen molar-refractivity contribution >= 4 is 17.8 Å². The van der Waals surface area contributed by atoms with Gasteiger partial charge >= 0.3 is 11.9 Å². The number of pyridine rings is 1. The van der Waals surface area contributed by atoms with Crippen LogP contribution in [0.1, 0.15) is 20.7 Å². The molecule has 25 heavy (non-hydrogen) atoms. The number of H-pyrrole nitrogens is 1. The molecule has 2 rings (SSSR count). The second kappa shape index (κ2) is 6.51. The lowest BCUT2D eigenvalue weighted by Crippen LogP contribution is -2.24. The third kappa shape index (κ3) is 2.96. The van der Waals surface area contributed by atoms with Gasteiger partial charge in [0.25, 0.3) is 5.56 Å². The standard InChI is InChI=1S/C15H13FN2O7/c1-24-7-3-5(6(16)4-8(7)25-2)9-10(14(20)21)12(17)18-13(19)11(9)15(22)23/h3-4H,1-2H3,(H,20,21)(H,22,23)(H3,17,18,19). The number of nitrogens with one attached hydrogen (secondary N) is 1. The number of aromatic carboxylic acids is 2. The first-order chi connectivity index (χ1) is 11.7. The summed E-state index contributed by atoms with van der Waals surface area (Å²) in [5, 5.41) is 18.6. The van der Waals surface area contributed by atoms with E-state index in [9.17, 15) is 29.0 Å². The molecule has 0 saturated carbocycles. The zero-order chi connectivity index (χ0) is 18.9. The molecule has 0 aliphatic carbocycles. The van der Waals surface area contributed by atoms with Gasteiger partial charge in [0.1, 0.15) is 22.8 Å². The molecule has 10 heteroatoms. The van der Waals surface area contributed by atoms with Crippen LogP contribution in [0.5, 0.6) is 11.5 Å². The van der Waals surface area contributed by atoms with Gasteiger partial charge in [-0.2, -0.15) is 0 Å². The summed E-state index contributed by atoms with van der Waals surface area (Å²) in [6.45, 7) is 0. The Morgan fingerprint density at radius 1 is 1.08 bits per heavy atom. The fraction of sp³-hybridized carbons (Fsp3) is 0.133. The first-order valence-electron chi connectivity index (χ1n) is 6.67. The molecule has 0 aliphatic rings. The third-order valence-electron chi connectivity index (χ3n) is 3.41. The van der Waals surface area contributed by atoms with Crippen LogP contribution in [0.4, 0.5) is 10.2 Å². The highest BCUT2D eigenvalue weighted by atomic mass is 19.1. The van der Waals surface area contributed by atoms with E-state index >= 15 is 0 Å². The number of rotatable bonds is 5. The highest BCUT2D eigenvalue weighted by Gasteiger charge is 2.29. The Balaban J connectivity index is 3.03. The number of anilines is 1. The summed E-state index contributed by atoms with van der Waals surface area (Å²) in [6.07, 6.45) is 0. The number of hydrogen-bond acceptors (Lipinski definition) is 6.